The third-order valence-corrected chi connectivity index (χ3v) is 4.00. The molecule has 0 radical (unpaired) electrons. The van der Waals surface area contributed by atoms with E-state index < -0.39 is 0 Å². The molecule has 0 aliphatic rings. The minimum atomic E-state index is -0.324. The second-order valence-electron chi connectivity index (χ2n) is 4.39. The number of carbonyl (C=O) groups is 2. The Morgan fingerprint density at radius 1 is 1.05 bits per heavy atom. The first kappa shape index (κ1) is 14.3. The highest BCUT2D eigenvalue weighted by Crippen LogP contribution is 2.14. The van der Waals surface area contributed by atoms with Gasteiger partial charge in [-0.05, 0) is 48.1 Å². The summed E-state index contributed by atoms with van der Waals surface area (Å²) >= 11 is 1.35. The molecule has 2 rings (SSSR count). The van der Waals surface area contributed by atoms with E-state index in [1.165, 1.54) is 16.9 Å². The van der Waals surface area contributed by atoms with Crippen LogP contribution in [0.4, 0.5) is 0 Å². The number of benzene rings is 1. The Morgan fingerprint density at radius 3 is 2.25 bits per heavy atom. The topological polar surface area (TPSA) is 58.2 Å². The van der Waals surface area contributed by atoms with Crippen LogP contribution in [-0.2, 0) is 6.42 Å². The van der Waals surface area contributed by atoms with Gasteiger partial charge in [0.25, 0.3) is 11.8 Å². The number of rotatable bonds is 3. The van der Waals surface area contributed by atoms with E-state index >= 15 is 0 Å². The Bertz CT molecular complexity index is 617. The first-order valence-electron chi connectivity index (χ1n) is 6.35. The van der Waals surface area contributed by atoms with E-state index in [1.807, 2.05) is 30.5 Å². The van der Waals surface area contributed by atoms with Crippen molar-refractivity contribution in [3.63, 3.8) is 0 Å². The van der Waals surface area contributed by atoms with Gasteiger partial charge >= 0.3 is 0 Å². The van der Waals surface area contributed by atoms with Crippen molar-refractivity contribution in [2.24, 2.45) is 0 Å². The van der Waals surface area contributed by atoms with Gasteiger partial charge in [0.05, 0.1) is 4.88 Å². The van der Waals surface area contributed by atoms with E-state index in [0.29, 0.717) is 10.4 Å². The lowest BCUT2D eigenvalue weighted by Gasteiger charge is -2.07. The molecule has 0 aliphatic carbocycles. The Balaban J connectivity index is 1.95. The zero-order valence-corrected chi connectivity index (χ0v) is 12.2. The van der Waals surface area contributed by atoms with Gasteiger partial charge in [-0.15, -0.1) is 11.3 Å². The van der Waals surface area contributed by atoms with Crippen LogP contribution >= 0.6 is 11.3 Å². The molecule has 1 aromatic heterocycles. The van der Waals surface area contributed by atoms with Gasteiger partial charge in [-0.3, -0.25) is 20.4 Å². The lowest BCUT2D eigenvalue weighted by atomic mass is 10.1. The molecule has 5 heteroatoms. The molecule has 0 bridgehead atoms. The average molecular weight is 288 g/mol. The van der Waals surface area contributed by atoms with Crippen molar-refractivity contribution < 1.29 is 9.59 Å². The highest BCUT2D eigenvalue weighted by Gasteiger charge is 2.12. The van der Waals surface area contributed by atoms with Crippen LogP contribution in [0.2, 0.25) is 0 Å². The van der Waals surface area contributed by atoms with E-state index in [0.717, 1.165) is 12.0 Å². The normalized spacial score (nSPS) is 10.1. The molecule has 4 nitrogen and oxygen atoms in total. The maximum Gasteiger partial charge on any atom is 0.280 e. The van der Waals surface area contributed by atoms with E-state index in [9.17, 15) is 9.59 Å². The van der Waals surface area contributed by atoms with Crippen molar-refractivity contribution in [1.29, 1.82) is 0 Å². The lowest BCUT2D eigenvalue weighted by Crippen LogP contribution is -2.41. The quantitative estimate of drug-likeness (QED) is 0.853. The zero-order chi connectivity index (χ0) is 14.5. The molecule has 0 fully saturated rings. The van der Waals surface area contributed by atoms with Crippen molar-refractivity contribution in [2.45, 2.75) is 20.3 Å². The summed E-state index contributed by atoms with van der Waals surface area (Å²) in [6.07, 6.45) is 0.927. The summed E-state index contributed by atoms with van der Waals surface area (Å²) in [7, 11) is 0. The second-order valence-corrected chi connectivity index (χ2v) is 5.31. The van der Waals surface area contributed by atoms with Crippen LogP contribution in [-0.4, -0.2) is 11.8 Å². The summed E-state index contributed by atoms with van der Waals surface area (Å²) in [6, 6.07) is 9.17. The highest BCUT2D eigenvalue weighted by molar-refractivity contribution is 7.12. The first-order chi connectivity index (χ1) is 9.61. The summed E-state index contributed by atoms with van der Waals surface area (Å²) < 4.78 is 0. The van der Waals surface area contributed by atoms with Gasteiger partial charge in [0, 0.05) is 5.56 Å². The number of thiophene rings is 1. The molecule has 2 N–H and O–H groups in total. The number of hydrazine groups is 1. The van der Waals surface area contributed by atoms with Gasteiger partial charge < -0.3 is 0 Å². The third kappa shape index (κ3) is 3.24. The van der Waals surface area contributed by atoms with Crippen molar-refractivity contribution in [3.05, 3.63) is 57.3 Å². The summed E-state index contributed by atoms with van der Waals surface area (Å²) in [6.45, 7) is 3.91. The molecule has 0 saturated carbocycles. The van der Waals surface area contributed by atoms with E-state index in [-0.39, 0.29) is 11.8 Å². The van der Waals surface area contributed by atoms with E-state index in [4.69, 9.17) is 0 Å². The third-order valence-electron chi connectivity index (χ3n) is 2.98. The van der Waals surface area contributed by atoms with Crippen LogP contribution in [0.25, 0.3) is 0 Å². The molecule has 0 atom stereocenters. The molecule has 0 unspecified atom stereocenters. The molecule has 2 amide bonds. The smallest absolute Gasteiger partial charge is 0.267 e. The fourth-order valence-electron chi connectivity index (χ4n) is 1.74. The summed E-state index contributed by atoms with van der Waals surface area (Å²) in [5, 5.41) is 1.84. The summed E-state index contributed by atoms with van der Waals surface area (Å²) in [5.74, 6) is -0.619. The molecule has 104 valence electrons. The molecule has 0 spiro atoms. The van der Waals surface area contributed by atoms with Gasteiger partial charge in [0.1, 0.15) is 0 Å². The minimum Gasteiger partial charge on any atom is -0.267 e. The maximum absolute atomic E-state index is 11.9. The van der Waals surface area contributed by atoms with Crippen molar-refractivity contribution in [1.82, 2.24) is 10.9 Å². The number of nitrogens with one attached hydrogen (secondary N) is 2. The Morgan fingerprint density at radius 2 is 1.70 bits per heavy atom. The van der Waals surface area contributed by atoms with Gasteiger partial charge in [-0.1, -0.05) is 19.1 Å². The van der Waals surface area contributed by atoms with Crippen molar-refractivity contribution in [3.8, 4) is 0 Å². The molecular formula is C15H16N2O2S. The predicted octanol–water partition coefficient (Wildman–Crippen LogP) is 2.69. The van der Waals surface area contributed by atoms with Crippen LogP contribution in [0.5, 0.6) is 0 Å². The minimum absolute atomic E-state index is 0.295. The van der Waals surface area contributed by atoms with Crippen molar-refractivity contribution >= 4 is 23.2 Å². The van der Waals surface area contributed by atoms with Gasteiger partial charge in [0.2, 0.25) is 0 Å². The number of hydrogen-bond donors (Lipinski definition) is 2. The average Bonchev–Trinajstić information content (AvgIpc) is 2.90. The van der Waals surface area contributed by atoms with Crippen LogP contribution in [0, 0.1) is 6.92 Å². The van der Waals surface area contributed by atoms with Crippen LogP contribution < -0.4 is 10.9 Å². The SMILES string of the molecule is CCc1ccc(C(=O)NNC(=O)c2sccc2C)cc1. The summed E-state index contributed by atoms with van der Waals surface area (Å²) in [5.41, 5.74) is 7.43. The van der Waals surface area contributed by atoms with E-state index in [2.05, 4.69) is 17.8 Å². The second kappa shape index (κ2) is 6.34. The predicted molar refractivity (Wildman–Crippen MR) is 79.8 cm³/mol. The Kier molecular flexibility index (Phi) is 4.53. The molecule has 0 aliphatic heterocycles. The maximum atomic E-state index is 11.9. The molecule has 1 aromatic carbocycles. The number of hydrogen-bond acceptors (Lipinski definition) is 3. The van der Waals surface area contributed by atoms with Crippen molar-refractivity contribution in [2.75, 3.05) is 0 Å². The molecular weight excluding hydrogens is 272 g/mol. The van der Waals surface area contributed by atoms with Gasteiger partial charge in [0.15, 0.2) is 0 Å². The summed E-state index contributed by atoms with van der Waals surface area (Å²) in [4.78, 5) is 24.3. The number of aryl methyl sites for hydroxylation is 2. The zero-order valence-electron chi connectivity index (χ0n) is 11.4. The van der Waals surface area contributed by atoms with E-state index in [1.54, 1.807) is 12.1 Å². The number of carbonyl (C=O) groups excluding carboxylic acids is 2. The lowest BCUT2D eigenvalue weighted by molar-refractivity contribution is 0.0848. The molecule has 1 heterocycles. The van der Waals surface area contributed by atoms with Crippen LogP contribution in [0.1, 0.15) is 38.1 Å². The number of amides is 2. The molecule has 0 saturated heterocycles. The molecule has 20 heavy (non-hydrogen) atoms. The van der Waals surface area contributed by atoms with Gasteiger partial charge in [-0.2, -0.15) is 0 Å². The monoisotopic (exact) mass is 288 g/mol. The Labute approximate surface area is 121 Å². The molecule has 2 aromatic rings. The highest BCUT2D eigenvalue weighted by atomic mass is 32.1. The first-order valence-corrected chi connectivity index (χ1v) is 7.23. The largest absolute Gasteiger partial charge is 0.280 e. The van der Waals surface area contributed by atoms with Gasteiger partial charge in [-0.25, -0.2) is 0 Å². The standard InChI is InChI=1S/C15H16N2O2S/c1-3-11-4-6-12(7-5-11)14(18)16-17-15(19)13-10(2)8-9-20-13/h4-9H,3H2,1-2H3,(H,16,18)(H,17,19). The van der Waals surface area contributed by atoms with Crippen LogP contribution in [0.15, 0.2) is 35.7 Å². The Hall–Kier alpha value is -2.14. The fraction of sp³-hybridized carbons (Fsp3) is 0.200. The fourth-order valence-corrected chi connectivity index (χ4v) is 2.56. The van der Waals surface area contributed by atoms with Crippen LogP contribution in [0.3, 0.4) is 0 Å².